The van der Waals surface area contributed by atoms with Crippen molar-refractivity contribution in [3.8, 4) is 17.6 Å². The van der Waals surface area contributed by atoms with Crippen molar-refractivity contribution in [1.82, 2.24) is 15.8 Å². The molecule has 1 aliphatic rings. The molecule has 7 heteroatoms. The highest BCUT2D eigenvalue weighted by atomic mass is 16.5. The number of hydroxylamine groups is 1. The number of rotatable bonds is 4. The van der Waals surface area contributed by atoms with Crippen LogP contribution >= 0.6 is 0 Å². The van der Waals surface area contributed by atoms with Gasteiger partial charge in [0, 0.05) is 22.0 Å². The molecule has 2 amide bonds. The molecule has 4 N–H and O–H groups in total. The van der Waals surface area contributed by atoms with E-state index in [9.17, 15) is 9.59 Å². The van der Waals surface area contributed by atoms with Gasteiger partial charge in [-0.3, -0.25) is 14.8 Å². The summed E-state index contributed by atoms with van der Waals surface area (Å²) in [7, 11) is 1.60. The molecule has 1 saturated carbocycles. The Labute approximate surface area is 167 Å². The van der Waals surface area contributed by atoms with Crippen LogP contribution in [0.25, 0.3) is 10.9 Å². The second-order valence-corrected chi connectivity index (χ2v) is 6.91. The van der Waals surface area contributed by atoms with E-state index in [0.29, 0.717) is 17.0 Å². The lowest BCUT2D eigenvalue weighted by Crippen LogP contribution is -2.35. The second-order valence-electron chi connectivity index (χ2n) is 6.91. The zero-order valence-electron chi connectivity index (χ0n) is 15.7. The number of amides is 2. The molecule has 1 heterocycles. The summed E-state index contributed by atoms with van der Waals surface area (Å²) in [6, 6.07) is 13.9. The van der Waals surface area contributed by atoms with Crippen molar-refractivity contribution in [2.75, 3.05) is 7.11 Å². The van der Waals surface area contributed by atoms with Crippen LogP contribution in [0.1, 0.15) is 39.3 Å². The van der Waals surface area contributed by atoms with Crippen LogP contribution in [0.2, 0.25) is 0 Å². The Hall–Kier alpha value is -3.76. The molecule has 0 aliphatic heterocycles. The van der Waals surface area contributed by atoms with E-state index in [1.807, 2.05) is 18.2 Å². The van der Waals surface area contributed by atoms with Gasteiger partial charge in [0.25, 0.3) is 11.8 Å². The van der Waals surface area contributed by atoms with Gasteiger partial charge in [0.15, 0.2) is 0 Å². The third-order valence-corrected chi connectivity index (χ3v) is 4.89. The number of benzene rings is 2. The van der Waals surface area contributed by atoms with Gasteiger partial charge >= 0.3 is 0 Å². The molecular weight excluding hydrogens is 370 g/mol. The van der Waals surface area contributed by atoms with E-state index in [4.69, 9.17) is 9.94 Å². The summed E-state index contributed by atoms with van der Waals surface area (Å²) < 4.78 is 5.34. The van der Waals surface area contributed by atoms with E-state index >= 15 is 0 Å². The summed E-state index contributed by atoms with van der Waals surface area (Å²) in [5.74, 6) is 6.09. The molecule has 4 rings (SSSR count). The highest BCUT2D eigenvalue weighted by Gasteiger charge is 2.43. The second kappa shape index (κ2) is 7.34. The van der Waals surface area contributed by atoms with E-state index in [0.717, 1.165) is 29.3 Å². The maximum atomic E-state index is 12.7. The van der Waals surface area contributed by atoms with E-state index in [-0.39, 0.29) is 5.91 Å². The number of aromatic nitrogens is 1. The minimum Gasteiger partial charge on any atom is -0.496 e. The molecule has 0 unspecified atom stereocenters. The Morgan fingerprint density at radius 3 is 2.55 bits per heavy atom. The number of ether oxygens (including phenoxy) is 1. The van der Waals surface area contributed by atoms with Crippen LogP contribution in [0.5, 0.6) is 5.75 Å². The molecule has 7 nitrogen and oxygen atoms in total. The normalized spacial score (nSPS) is 13.9. The molecular formula is C22H19N3O4. The minimum atomic E-state index is -0.578. The third-order valence-electron chi connectivity index (χ3n) is 4.89. The summed E-state index contributed by atoms with van der Waals surface area (Å²) in [6.45, 7) is 0. The Morgan fingerprint density at radius 1 is 1.14 bits per heavy atom. The van der Waals surface area contributed by atoms with Crippen LogP contribution in [-0.2, 0) is 0 Å². The number of carbonyl (C=O) groups excluding carboxylic acids is 2. The molecule has 1 aliphatic carbocycles. The zero-order valence-corrected chi connectivity index (χ0v) is 15.7. The SMILES string of the molecule is COc1cccc2[nH]c(C(=O)NC3(C#Cc4ccc(C(=O)NO)cc4)CC3)cc12. The fraction of sp³-hybridized carbons (Fsp3) is 0.182. The summed E-state index contributed by atoms with van der Waals surface area (Å²) in [5.41, 5.74) is 3.38. The number of methoxy groups -OCH3 is 1. The van der Waals surface area contributed by atoms with E-state index in [1.165, 1.54) is 0 Å². The highest BCUT2D eigenvalue weighted by molar-refractivity contribution is 6.00. The molecule has 2 aromatic carbocycles. The number of nitrogens with one attached hydrogen (secondary N) is 3. The molecule has 146 valence electrons. The number of aromatic amines is 1. The van der Waals surface area contributed by atoms with Gasteiger partial charge in [-0.05, 0) is 55.3 Å². The lowest BCUT2D eigenvalue weighted by Gasteiger charge is -2.09. The monoisotopic (exact) mass is 389 g/mol. The molecule has 0 saturated heterocycles. The predicted octanol–water partition coefficient (Wildman–Crippen LogP) is 2.61. The maximum Gasteiger partial charge on any atom is 0.274 e. The van der Waals surface area contributed by atoms with Gasteiger partial charge in [0.1, 0.15) is 17.0 Å². The van der Waals surface area contributed by atoms with Crippen molar-refractivity contribution >= 4 is 22.7 Å². The van der Waals surface area contributed by atoms with Gasteiger partial charge in [0.05, 0.1) is 7.11 Å². The first-order chi connectivity index (χ1) is 14.0. The first kappa shape index (κ1) is 18.6. The Kier molecular flexibility index (Phi) is 4.71. The number of hydrogen-bond acceptors (Lipinski definition) is 4. The van der Waals surface area contributed by atoms with Crippen molar-refractivity contribution in [3.05, 3.63) is 65.4 Å². The molecule has 3 aromatic rings. The van der Waals surface area contributed by atoms with Gasteiger partial charge in [-0.1, -0.05) is 17.9 Å². The molecule has 0 radical (unpaired) electrons. The summed E-state index contributed by atoms with van der Waals surface area (Å²) in [6.07, 6.45) is 1.56. The Bertz CT molecular complexity index is 1150. The van der Waals surface area contributed by atoms with Crippen LogP contribution in [0.3, 0.4) is 0 Å². The van der Waals surface area contributed by atoms with Crippen LogP contribution in [0, 0.1) is 11.8 Å². The number of H-pyrrole nitrogens is 1. The maximum absolute atomic E-state index is 12.7. The van der Waals surface area contributed by atoms with Gasteiger partial charge in [-0.15, -0.1) is 0 Å². The van der Waals surface area contributed by atoms with E-state index < -0.39 is 11.4 Å². The van der Waals surface area contributed by atoms with Crippen molar-refractivity contribution in [2.24, 2.45) is 0 Å². The average molecular weight is 389 g/mol. The Balaban J connectivity index is 1.49. The number of hydrogen-bond donors (Lipinski definition) is 4. The van der Waals surface area contributed by atoms with Crippen molar-refractivity contribution < 1.29 is 19.5 Å². The predicted molar refractivity (Wildman–Crippen MR) is 107 cm³/mol. The van der Waals surface area contributed by atoms with Gasteiger partial charge in [-0.2, -0.15) is 0 Å². The van der Waals surface area contributed by atoms with E-state index in [2.05, 4.69) is 22.1 Å². The molecule has 29 heavy (non-hydrogen) atoms. The fourth-order valence-corrected chi connectivity index (χ4v) is 3.08. The van der Waals surface area contributed by atoms with Crippen molar-refractivity contribution in [2.45, 2.75) is 18.4 Å². The smallest absolute Gasteiger partial charge is 0.274 e. The quantitative estimate of drug-likeness (QED) is 0.313. The summed E-state index contributed by atoms with van der Waals surface area (Å²) >= 11 is 0. The van der Waals surface area contributed by atoms with Crippen molar-refractivity contribution in [1.29, 1.82) is 0 Å². The van der Waals surface area contributed by atoms with Crippen LogP contribution < -0.4 is 15.5 Å². The fourth-order valence-electron chi connectivity index (χ4n) is 3.08. The first-order valence-corrected chi connectivity index (χ1v) is 9.09. The minimum absolute atomic E-state index is 0.218. The van der Waals surface area contributed by atoms with Crippen LogP contribution in [0.15, 0.2) is 48.5 Å². The molecule has 0 atom stereocenters. The zero-order chi connectivity index (χ0) is 20.4. The highest BCUT2D eigenvalue weighted by Crippen LogP contribution is 2.35. The molecule has 0 bridgehead atoms. The van der Waals surface area contributed by atoms with Crippen LogP contribution in [-0.4, -0.2) is 34.7 Å². The lowest BCUT2D eigenvalue weighted by atomic mass is 10.1. The third kappa shape index (κ3) is 3.79. The van der Waals surface area contributed by atoms with Gasteiger partial charge in [-0.25, -0.2) is 5.48 Å². The average Bonchev–Trinajstić information content (AvgIpc) is 3.36. The van der Waals surface area contributed by atoms with Crippen LogP contribution in [0.4, 0.5) is 0 Å². The largest absolute Gasteiger partial charge is 0.496 e. The molecule has 0 spiro atoms. The summed E-state index contributed by atoms with van der Waals surface area (Å²) in [5, 5.41) is 12.5. The van der Waals surface area contributed by atoms with Crippen molar-refractivity contribution in [3.63, 3.8) is 0 Å². The topological polar surface area (TPSA) is 103 Å². The van der Waals surface area contributed by atoms with Gasteiger partial charge in [0.2, 0.25) is 0 Å². The van der Waals surface area contributed by atoms with E-state index in [1.54, 1.807) is 42.9 Å². The summed E-state index contributed by atoms with van der Waals surface area (Å²) in [4.78, 5) is 27.2. The first-order valence-electron chi connectivity index (χ1n) is 9.09. The molecule has 1 fully saturated rings. The Morgan fingerprint density at radius 2 is 1.90 bits per heavy atom. The lowest BCUT2D eigenvalue weighted by molar-refractivity contribution is 0.0706. The standard InChI is InChI=1S/C22H19N3O4/c1-29-19-4-2-3-17-16(19)13-18(23-17)21(27)24-22(11-12-22)10-9-14-5-7-15(8-6-14)20(26)25-28/h2-8,13,23,28H,11-12H2,1H3,(H,24,27)(H,25,26). The number of fused-ring (bicyclic) bond motifs is 1. The van der Waals surface area contributed by atoms with Gasteiger partial charge < -0.3 is 15.0 Å². The molecule has 1 aromatic heterocycles. The number of carbonyl (C=O) groups is 2.